The molecular weight excluding hydrogens is 544 g/mol. The van der Waals surface area contributed by atoms with Gasteiger partial charge in [-0.05, 0) is 81.9 Å². The van der Waals surface area contributed by atoms with Crippen LogP contribution in [0.4, 0.5) is 33.6 Å². The van der Waals surface area contributed by atoms with Crippen LogP contribution >= 0.6 is 0 Å². The van der Waals surface area contributed by atoms with E-state index in [4.69, 9.17) is 19.2 Å². The second kappa shape index (κ2) is 13.0. The summed E-state index contributed by atoms with van der Waals surface area (Å²) in [6, 6.07) is 21.3. The minimum absolute atomic E-state index is 0.306. The van der Waals surface area contributed by atoms with E-state index < -0.39 is 6.09 Å². The van der Waals surface area contributed by atoms with Crippen molar-refractivity contribution in [2.24, 2.45) is 0 Å². The zero-order valence-electron chi connectivity index (χ0n) is 25.5. The molecule has 0 spiro atoms. The van der Waals surface area contributed by atoms with Crippen LogP contribution in [0.1, 0.15) is 17.5 Å². The topological polar surface area (TPSA) is 92.3 Å². The number of anilines is 5. The summed E-state index contributed by atoms with van der Waals surface area (Å²) >= 11 is 0. The Kier molecular flexibility index (Phi) is 8.96. The molecule has 1 unspecified atom stereocenters. The van der Waals surface area contributed by atoms with Crippen molar-refractivity contribution >= 4 is 34.9 Å². The van der Waals surface area contributed by atoms with E-state index in [2.05, 4.69) is 46.3 Å². The Labute approximate surface area is 252 Å². The molecule has 5 rings (SSSR count). The number of carbonyl (C=O) groups is 1. The number of methoxy groups -OCH3 is 2. The average Bonchev–Trinajstić information content (AvgIpc) is 3.51. The Morgan fingerprint density at radius 3 is 2.37 bits per heavy atom. The zero-order chi connectivity index (χ0) is 30.5. The van der Waals surface area contributed by atoms with Crippen molar-refractivity contribution in [2.45, 2.75) is 26.3 Å². The maximum atomic E-state index is 13.9. The number of para-hydroxylation sites is 1. The molecule has 1 amide bonds. The largest absolute Gasteiger partial charge is 0.497 e. The van der Waals surface area contributed by atoms with Crippen molar-refractivity contribution in [2.75, 3.05) is 56.5 Å². The first kappa shape index (κ1) is 29.7. The number of benzene rings is 3. The summed E-state index contributed by atoms with van der Waals surface area (Å²) in [5.41, 5.74) is 4.13. The van der Waals surface area contributed by atoms with Gasteiger partial charge in [0.05, 0.1) is 19.9 Å². The van der Waals surface area contributed by atoms with Gasteiger partial charge in [0.15, 0.2) is 0 Å². The fourth-order valence-electron chi connectivity index (χ4n) is 5.19. The van der Waals surface area contributed by atoms with Crippen molar-refractivity contribution in [3.8, 4) is 17.2 Å². The number of hydrogen-bond acceptors (Lipinski definition) is 9. The maximum absolute atomic E-state index is 13.9. The summed E-state index contributed by atoms with van der Waals surface area (Å²) in [6.45, 7) is 5.84. The van der Waals surface area contributed by atoms with Crippen LogP contribution in [-0.4, -0.2) is 68.4 Å². The van der Waals surface area contributed by atoms with Gasteiger partial charge in [-0.15, -0.1) is 0 Å². The van der Waals surface area contributed by atoms with Gasteiger partial charge in [-0.3, -0.25) is 0 Å². The summed E-state index contributed by atoms with van der Waals surface area (Å²) in [5, 5.41) is 3.27. The lowest BCUT2D eigenvalue weighted by molar-refractivity contribution is 0.209. The highest BCUT2D eigenvalue weighted by atomic mass is 16.6. The molecule has 1 N–H and O–H groups in total. The number of likely N-dealkylation sites (N-methyl/N-ethyl adjacent to an activating group) is 1. The van der Waals surface area contributed by atoms with Crippen LogP contribution in [0.5, 0.6) is 17.2 Å². The molecule has 10 heteroatoms. The van der Waals surface area contributed by atoms with E-state index in [9.17, 15) is 4.79 Å². The van der Waals surface area contributed by atoms with E-state index in [0.717, 1.165) is 36.3 Å². The van der Waals surface area contributed by atoms with Gasteiger partial charge in [-0.25, -0.2) is 14.7 Å². The van der Waals surface area contributed by atoms with E-state index in [-0.39, 0.29) is 0 Å². The molecule has 0 aliphatic carbocycles. The van der Waals surface area contributed by atoms with Gasteiger partial charge < -0.3 is 29.3 Å². The minimum Gasteiger partial charge on any atom is -0.497 e. The van der Waals surface area contributed by atoms with Crippen molar-refractivity contribution < 1.29 is 19.0 Å². The van der Waals surface area contributed by atoms with Crippen LogP contribution in [0.15, 0.2) is 72.9 Å². The molecular formula is C33H38N6O4. The smallest absolute Gasteiger partial charge is 0.425 e. The van der Waals surface area contributed by atoms with E-state index in [0.29, 0.717) is 40.7 Å². The lowest BCUT2D eigenvalue weighted by atomic mass is 10.1. The molecule has 0 saturated carbocycles. The van der Waals surface area contributed by atoms with Crippen LogP contribution in [0.25, 0.3) is 0 Å². The summed E-state index contributed by atoms with van der Waals surface area (Å²) in [5.74, 6) is 2.13. The van der Waals surface area contributed by atoms with Gasteiger partial charge in [-0.2, -0.15) is 4.98 Å². The number of carbonyl (C=O) groups excluding carboxylic acids is 1. The van der Waals surface area contributed by atoms with E-state index in [1.54, 1.807) is 37.6 Å². The number of aryl methyl sites for hydroxylation is 2. The van der Waals surface area contributed by atoms with Gasteiger partial charge in [0, 0.05) is 48.8 Å². The van der Waals surface area contributed by atoms with Gasteiger partial charge in [-0.1, -0.05) is 18.2 Å². The second-order valence-electron chi connectivity index (χ2n) is 10.7. The molecule has 1 saturated heterocycles. The Bertz CT molecular complexity index is 1560. The molecule has 1 atom stereocenters. The fourth-order valence-corrected chi connectivity index (χ4v) is 5.19. The summed E-state index contributed by atoms with van der Waals surface area (Å²) < 4.78 is 17.0. The molecule has 1 fully saturated rings. The number of ether oxygens (including phenoxy) is 3. The van der Waals surface area contributed by atoms with Crippen LogP contribution in [0.3, 0.4) is 0 Å². The second-order valence-corrected chi connectivity index (χ2v) is 10.7. The van der Waals surface area contributed by atoms with Crippen molar-refractivity contribution in [3.63, 3.8) is 0 Å². The van der Waals surface area contributed by atoms with Crippen LogP contribution in [0, 0.1) is 13.8 Å². The highest BCUT2D eigenvalue weighted by molar-refractivity contribution is 5.98. The Morgan fingerprint density at radius 1 is 0.977 bits per heavy atom. The Balaban J connectivity index is 1.43. The van der Waals surface area contributed by atoms with Crippen molar-refractivity contribution in [3.05, 3.63) is 84.1 Å². The van der Waals surface area contributed by atoms with Gasteiger partial charge in [0.2, 0.25) is 5.95 Å². The summed E-state index contributed by atoms with van der Waals surface area (Å²) in [6.07, 6.45) is 2.10. The van der Waals surface area contributed by atoms with Gasteiger partial charge >= 0.3 is 6.09 Å². The lowest BCUT2D eigenvalue weighted by Crippen LogP contribution is -2.31. The molecule has 4 aromatic rings. The Morgan fingerprint density at radius 2 is 1.72 bits per heavy atom. The molecule has 10 nitrogen and oxygen atoms in total. The van der Waals surface area contributed by atoms with E-state index in [1.807, 2.05) is 44.2 Å². The Hall–Kier alpha value is -4.83. The number of hydrogen-bond donors (Lipinski definition) is 1. The van der Waals surface area contributed by atoms with E-state index >= 15 is 0 Å². The minimum atomic E-state index is -0.642. The highest BCUT2D eigenvalue weighted by Crippen LogP contribution is 2.37. The molecule has 224 valence electrons. The predicted molar refractivity (Wildman–Crippen MR) is 170 cm³/mol. The van der Waals surface area contributed by atoms with Gasteiger partial charge in [0.1, 0.15) is 23.1 Å². The molecule has 1 aliphatic rings. The molecule has 3 aromatic carbocycles. The van der Waals surface area contributed by atoms with Crippen LogP contribution in [0.2, 0.25) is 0 Å². The summed E-state index contributed by atoms with van der Waals surface area (Å²) in [7, 11) is 7.36. The quantitative estimate of drug-likeness (QED) is 0.243. The molecule has 0 bridgehead atoms. The number of nitrogens with one attached hydrogen (secondary N) is 1. The van der Waals surface area contributed by atoms with Crippen LogP contribution in [-0.2, 0) is 0 Å². The third-order valence-electron chi connectivity index (χ3n) is 7.66. The van der Waals surface area contributed by atoms with Gasteiger partial charge in [0.25, 0.3) is 0 Å². The fraction of sp³-hybridized carbons (Fsp3) is 0.303. The SMILES string of the molecule is COc1ccc(N(C(=O)Oc2c(C)cccc2C)c2ccnc(Nc3ccc(N4CCC(N(C)C)C4)cc3)n2)c(OC)c1. The standard InChI is InChI=1S/C33H38N6O4/c1-22-8-7-9-23(2)31(22)43-33(40)39(28-15-14-27(41-5)20-29(28)42-6)30-16-18-34-32(36-30)35-24-10-12-25(13-11-24)38-19-17-26(21-38)37(3)4/h7-16,18,20,26H,17,19,21H2,1-6H3,(H,34,35,36). The monoisotopic (exact) mass is 582 g/mol. The average molecular weight is 583 g/mol. The maximum Gasteiger partial charge on any atom is 0.425 e. The van der Waals surface area contributed by atoms with Crippen molar-refractivity contribution in [1.29, 1.82) is 0 Å². The first-order valence-corrected chi connectivity index (χ1v) is 14.2. The van der Waals surface area contributed by atoms with Crippen molar-refractivity contribution in [1.82, 2.24) is 14.9 Å². The lowest BCUT2D eigenvalue weighted by Gasteiger charge is -2.24. The molecule has 2 heterocycles. The first-order chi connectivity index (χ1) is 20.8. The third-order valence-corrected chi connectivity index (χ3v) is 7.66. The summed E-state index contributed by atoms with van der Waals surface area (Å²) in [4.78, 5) is 29.0. The number of nitrogens with zero attached hydrogens (tertiary/aromatic N) is 5. The first-order valence-electron chi connectivity index (χ1n) is 14.2. The van der Waals surface area contributed by atoms with E-state index in [1.165, 1.54) is 17.7 Å². The molecule has 43 heavy (non-hydrogen) atoms. The molecule has 0 radical (unpaired) electrons. The highest BCUT2D eigenvalue weighted by Gasteiger charge is 2.27. The number of rotatable bonds is 9. The predicted octanol–water partition coefficient (Wildman–Crippen LogP) is 6.33. The third kappa shape index (κ3) is 6.65. The molecule has 1 aromatic heterocycles. The normalized spacial score (nSPS) is 14.5. The number of aromatic nitrogens is 2. The number of amides is 1. The molecule has 1 aliphatic heterocycles. The zero-order valence-corrected chi connectivity index (χ0v) is 25.5. The van der Waals surface area contributed by atoms with Crippen LogP contribution < -0.4 is 29.3 Å².